The molecule has 11 nitrogen and oxygen atoms in total. The average molecular weight is 705 g/mol. The molecular weight excluding hydrogens is 668 g/mol. The lowest BCUT2D eigenvalue weighted by molar-refractivity contribution is -0.128. The summed E-state index contributed by atoms with van der Waals surface area (Å²) in [6.45, 7) is 1.00. The lowest BCUT2D eigenvalue weighted by atomic mass is 10.1. The minimum absolute atomic E-state index is 0.298. The Bertz CT molecular complexity index is 2280. The van der Waals surface area contributed by atoms with Gasteiger partial charge in [0.05, 0.1) is 29.7 Å². The van der Waals surface area contributed by atoms with Gasteiger partial charge in [0, 0.05) is 36.0 Å². The molecule has 2 N–H and O–H groups in total. The number of aromatic nitrogens is 4. The van der Waals surface area contributed by atoms with Crippen molar-refractivity contribution in [3.8, 4) is 34.0 Å². The standard InChI is InChI=1S/C42H36N6O5/c49-37(28-10-3-1-4-11-28)41(51)47-22-8-16-35(47)39-43-25-33(45-39)27-18-20-31(21-19-27)53-32-15-7-14-30(24-32)34-26-44-40(46-34)36-17-9-23-48(36)42(52)38(50)29-12-5-2-6-13-29/h1-7,10-15,18-21,24-26,35-36H,8-9,16-17,22-23H2,(H,43,45)(H,44,46)/t35-,36-/m0/s1. The van der Waals surface area contributed by atoms with Gasteiger partial charge in [0.15, 0.2) is 0 Å². The molecule has 8 rings (SSSR count). The highest BCUT2D eigenvalue weighted by Gasteiger charge is 2.36. The average Bonchev–Trinajstić information content (AvgIpc) is 4.05. The van der Waals surface area contributed by atoms with Crippen molar-refractivity contribution in [2.75, 3.05) is 13.1 Å². The Balaban J connectivity index is 0.917. The number of likely N-dealkylation sites (tertiary alicyclic amines) is 2. The highest BCUT2D eigenvalue weighted by Crippen LogP contribution is 2.35. The van der Waals surface area contributed by atoms with Gasteiger partial charge >= 0.3 is 0 Å². The molecule has 4 heterocycles. The smallest absolute Gasteiger partial charge is 0.295 e. The maximum absolute atomic E-state index is 13.2. The molecule has 4 aromatic carbocycles. The summed E-state index contributed by atoms with van der Waals surface area (Å²) < 4.78 is 6.21. The van der Waals surface area contributed by atoms with Gasteiger partial charge in [-0.1, -0.05) is 72.8 Å². The van der Waals surface area contributed by atoms with Crippen LogP contribution in [0.15, 0.2) is 122 Å². The number of rotatable bonds is 10. The molecule has 0 aliphatic carbocycles. The highest BCUT2D eigenvalue weighted by atomic mass is 16.5. The van der Waals surface area contributed by atoms with Crippen molar-refractivity contribution >= 4 is 23.4 Å². The summed E-state index contributed by atoms with van der Waals surface area (Å²) >= 11 is 0. The van der Waals surface area contributed by atoms with Crippen molar-refractivity contribution in [3.05, 3.63) is 144 Å². The zero-order chi connectivity index (χ0) is 36.3. The molecule has 53 heavy (non-hydrogen) atoms. The van der Waals surface area contributed by atoms with E-state index in [1.54, 1.807) is 64.5 Å². The van der Waals surface area contributed by atoms with Crippen LogP contribution in [0.25, 0.3) is 22.5 Å². The zero-order valence-electron chi connectivity index (χ0n) is 28.8. The van der Waals surface area contributed by atoms with E-state index in [1.165, 1.54) is 0 Å². The van der Waals surface area contributed by atoms with Crippen LogP contribution >= 0.6 is 0 Å². The molecule has 2 aliphatic rings. The number of carbonyl (C=O) groups excluding carboxylic acids is 4. The zero-order valence-corrected chi connectivity index (χ0v) is 28.8. The van der Waals surface area contributed by atoms with E-state index in [0.717, 1.165) is 36.1 Å². The largest absolute Gasteiger partial charge is 0.457 e. The summed E-state index contributed by atoms with van der Waals surface area (Å²) in [6.07, 6.45) is 6.57. The Kier molecular flexibility index (Phi) is 9.20. The number of ether oxygens (including phenoxy) is 1. The first-order valence-corrected chi connectivity index (χ1v) is 17.7. The number of ketones is 2. The van der Waals surface area contributed by atoms with Gasteiger partial charge in [0.1, 0.15) is 23.1 Å². The number of H-pyrrole nitrogens is 2. The molecule has 0 spiro atoms. The second-order valence-electron chi connectivity index (χ2n) is 13.2. The van der Waals surface area contributed by atoms with Crippen LogP contribution in [0.5, 0.6) is 11.5 Å². The molecule has 0 unspecified atom stereocenters. The lowest BCUT2D eigenvalue weighted by Crippen LogP contribution is -2.36. The summed E-state index contributed by atoms with van der Waals surface area (Å²) in [7, 11) is 0. The molecule has 264 valence electrons. The summed E-state index contributed by atoms with van der Waals surface area (Å²) in [4.78, 5) is 71.3. The van der Waals surface area contributed by atoms with E-state index in [0.29, 0.717) is 59.5 Å². The number of nitrogens with one attached hydrogen (secondary N) is 2. The summed E-state index contributed by atoms with van der Waals surface area (Å²) in [5, 5.41) is 0. The van der Waals surface area contributed by atoms with Crippen molar-refractivity contribution in [1.82, 2.24) is 29.7 Å². The minimum atomic E-state index is -0.518. The van der Waals surface area contributed by atoms with Gasteiger partial charge in [-0.2, -0.15) is 0 Å². The Morgan fingerprint density at radius 3 is 1.87 bits per heavy atom. The molecule has 11 heteroatoms. The van der Waals surface area contributed by atoms with Crippen molar-refractivity contribution in [2.45, 2.75) is 37.8 Å². The van der Waals surface area contributed by atoms with Crippen LogP contribution in [0.1, 0.15) is 70.1 Å². The van der Waals surface area contributed by atoms with Gasteiger partial charge in [-0.3, -0.25) is 19.2 Å². The molecule has 2 saturated heterocycles. The number of carbonyl (C=O) groups is 4. The van der Waals surface area contributed by atoms with Crippen LogP contribution < -0.4 is 4.74 Å². The fourth-order valence-corrected chi connectivity index (χ4v) is 7.14. The number of hydrogen-bond acceptors (Lipinski definition) is 7. The van der Waals surface area contributed by atoms with Crippen LogP contribution in [0.2, 0.25) is 0 Å². The Morgan fingerprint density at radius 1 is 0.642 bits per heavy atom. The molecule has 2 aromatic heterocycles. The SMILES string of the molecule is O=C(C(=O)N1CCC[C@H]1c1nc(-c2cccc(Oc3ccc(-c4cnc([C@@H]5CCCN5C(=O)C(=O)c5ccccc5)[nH]4)cc3)c2)c[nH]1)c1ccccc1. The van der Waals surface area contributed by atoms with Gasteiger partial charge in [0.2, 0.25) is 11.6 Å². The molecular formula is C42H36N6O5. The minimum Gasteiger partial charge on any atom is -0.457 e. The van der Waals surface area contributed by atoms with Gasteiger partial charge in [-0.05, 0) is 67.6 Å². The maximum Gasteiger partial charge on any atom is 0.295 e. The number of Topliss-reactive ketones (excluding diaryl/α,β-unsaturated/α-hetero) is 2. The van der Waals surface area contributed by atoms with Gasteiger partial charge in [0.25, 0.3) is 11.8 Å². The first-order chi connectivity index (χ1) is 25.9. The third kappa shape index (κ3) is 6.88. The quantitative estimate of drug-likeness (QED) is 0.112. The molecule has 2 fully saturated rings. The number of imidazole rings is 2. The number of nitrogens with zero attached hydrogens (tertiary/aromatic N) is 4. The lowest BCUT2D eigenvalue weighted by Gasteiger charge is -2.22. The maximum atomic E-state index is 13.2. The second kappa shape index (κ2) is 14.5. The van der Waals surface area contributed by atoms with E-state index in [9.17, 15) is 19.2 Å². The van der Waals surface area contributed by atoms with Crippen LogP contribution in [0.4, 0.5) is 0 Å². The van der Waals surface area contributed by atoms with Crippen molar-refractivity contribution in [3.63, 3.8) is 0 Å². The second-order valence-corrected chi connectivity index (χ2v) is 13.2. The fraction of sp³-hybridized carbons (Fsp3) is 0.190. The van der Waals surface area contributed by atoms with Gasteiger partial charge in [-0.25, -0.2) is 9.97 Å². The van der Waals surface area contributed by atoms with E-state index >= 15 is 0 Å². The van der Waals surface area contributed by atoms with Crippen LogP contribution in [0.3, 0.4) is 0 Å². The van der Waals surface area contributed by atoms with Crippen LogP contribution in [-0.2, 0) is 9.59 Å². The van der Waals surface area contributed by atoms with Gasteiger partial charge < -0.3 is 24.5 Å². The summed E-state index contributed by atoms with van der Waals surface area (Å²) in [5.74, 6) is 0.505. The van der Waals surface area contributed by atoms with Crippen molar-refractivity contribution in [2.24, 2.45) is 0 Å². The Morgan fingerprint density at radius 2 is 1.25 bits per heavy atom. The normalized spacial score (nSPS) is 16.8. The Labute approximate surface area is 305 Å². The highest BCUT2D eigenvalue weighted by molar-refractivity contribution is 6.43. The molecule has 0 bridgehead atoms. The molecule has 2 amide bonds. The predicted molar refractivity (Wildman–Crippen MR) is 197 cm³/mol. The van der Waals surface area contributed by atoms with Crippen molar-refractivity contribution < 1.29 is 23.9 Å². The Hall–Kier alpha value is -6.62. The van der Waals surface area contributed by atoms with E-state index < -0.39 is 23.4 Å². The number of amides is 2. The topological polar surface area (TPSA) is 141 Å². The molecule has 2 aliphatic heterocycles. The fourth-order valence-electron chi connectivity index (χ4n) is 7.14. The monoisotopic (exact) mass is 704 g/mol. The van der Waals surface area contributed by atoms with Gasteiger partial charge in [-0.15, -0.1) is 0 Å². The van der Waals surface area contributed by atoms with E-state index in [2.05, 4.69) is 15.0 Å². The third-order valence-corrected chi connectivity index (χ3v) is 9.84. The number of aromatic amines is 2. The number of benzene rings is 4. The predicted octanol–water partition coefficient (Wildman–Crippen LogP) is 7.35. The first-order valence-electron chi connectivity index (χ1n) is 17.7. The molecule has 0 saturated carbocycles. The number of hydrogen-bond donors (Lipinski definition) is 2. The van der Waals surface area contributed by atoms with E-state index in [4.69, 9.17) is 9.72 Å². The van der Waals surface area contributed by atoms with E-state index in [1.807, 2.05) is 66.9 Å². The summed E-state index contributed by atoms with van der Waals surface area (Å²) in [6, 6.07) is 31.9. The van der Waals surface area contributed by atoms with Crippen LogP contribution in [0, 0.1) is 0 Å². The summed E-state index contributed by atoms with van der Waals surface area (Å²) in [5.41, 5.74) is 4.00. The molecule has 6 aromatic rings. The van der Waals surface area contributed by atoms with E-state index in [-0.39, 0.29) is 12.1 Å². The van der Waals surface area contributed by atoms with Crippen LogP contribution in [-0.4, -0.2) is 66.2 Å². The molecule has 0 radical (unpaired) electrons. The molecule has 2 atom stereocenters. The third-order valence-electron chi connectivity index (χ3n) is 9.84. The van der Waals surface area contributed by atoms with Crippen molar-refractivity contribution in [1.29, 1.82) is 0 Å². The first kappa shape index (κ1) is 33.5.